The molecule has 2 heterocycles. The van der Waals surface area contributed by atoms with E-state index in [0.717, 1.165) is 38.3 Å². The van der Waals surface area contributed by atoms with Crippen LogP contribution in [0.15, 0.2) is 29.3 Å². The lowest BCUT2D eigenvalue weighted by molar-refractivity contribution is 0.0208. The smallest absolute Gasteiger partial charge is 0.188 e. The third kappa shape index (κ3) is 5.61. The number of hydrogen-bond acceptors (Lipinski definition) is 4. The Kier molecular flexibility index (Phi) is 7.57. The van der Waals surface area contributed by atoms with Crippen LogP contribution in [0.5, 0.6) is 5.75 Å². The van der Waals surface area contributed by atoms with Crippen molar-refractivity contribution in [3.63, 3.8) is 0 Å². The first kappa shape index (κ1) is 20.9. The molecule has 0 saturated carbocycles. The summed E-state index contributed by atoms with van der Waals surface area (Å²) in [5.74, 6) is 1.46. The number of nitrogens with one attached hydrogen (secondary N) is 1. The van der Waals surface area contributed by atoms with Gasteiger partial charge in [-0.05, 0) is 83.0 Å². The lowest BCUT2D eigenvalue weighted by Crippen LogP contribution is -2.58. The topological polar surface area (TPSA) is 66.1 Å². The van der Waals surface area contributed by atoms with E-state index in [1.807, 2.05) is 12.1 Å². The molecule has 1 aromatic rings. The lowest BCUT2D eigenvalue weighted by atomic mass is 9.84. The average molecular weight is 388 g/mol. The van der Waals surface area contributed by atoms with Gasteiger partial charge in [0.15, 0.2) is 5.96 Å². The van der Waals surface area contributed by atoms with Crippen molar-refractivity contribution >= 4 is 5.96 Å². The number of nitrogens with zero attached hydrogens (tertiary/aromatic N) is 3. The van der Waals surface area contributed by atoms with E-state index in [0.29, 0.717) is 5.96 Å². The number of rotatable bonds is 7. The van der Waals surface area contributed by atoms with Gasteiger partial charge in [0.05, 0.1) is 13.7 Å². The summed E-state index contributed by atoms with van der Waals surface area (Å²) in [6, 6.07) is 8.18. The Hall–Kier alpha value is -1.79. The molecule has 6 heteroatoms. The highest BCUT2D eigenvalue weighted by molar-refractivity contribution is 5.77. The molecular formula is C22H37N5O. The van der Waals surface area contributed by atoms with Crippen LogP contribution in [0.4, 0.5) is 0 Å². The lowest BCUT2D eigenvalue weighted by Gasteiger charge is -2.49. The van der Waals surface area contributed by atoms with Crippen LogP contribution in [0, 0.1) is 0 Å². The van der Waals surface area contributed by atoms with Crippen molar-refractivity contribution in [2.75, 3.05) is 53.4 Å². The van der Waals surface area contributed by atoms with Crippen molar-refractivity contribution in [2.24, 2.45) is 10.7 Å². The fraction of sp³-hybridized carbons (Fsp3) is 0.682. The normalized spacial score (nSPS) is 21.4. The van der Waals surface area contributed by atoms with Gasteiger partial charge in [-0.1, -0.05) is 18.6 Å². The molecule has 2 fully saturated rings. The van der Waals surface area contributed by atoms with Crippen molar-refractivity contribution in [3.05, 3.63) is 29.8 Å². The second-order valence-electron chi connectivity index (χ2n) is 8.30. The van der Waals surface area contributed by atoms with E-state index in [2.05, 4.69) is 34.3 Å². The predicted molar refractivity (Wildman–Crippen MR) is 116 cm³/mol. The summed E-state index contributed by atoms with van der Waals surface area (Å²) < 4.78 is 5.21. The molecule has 6 nitrogen and oxygen atoms in total. The fourth-order valence-electron chi connectivity index (χ4n) is 4.39. The first-order chi connectivity index (χ1) is 13.6. The molecule has 1 aromatic carbocycles. The van der Waals surface area contributed by atoms with E-state index >= 15 is 0 Å². The van der Waals surface area contributed by atoms with Crippen LogP contribution in [0.1, 0.15) is 37.7 Å². The molecule has 0 aliphatic carbocycles. The third-order valence-electron chi connectivity index (χ3n) is 6.37. The van der Waals surface area contributed by atoms with Gasteiger partial charge in [-0.3, -0.25) is 9.89 Å². The molecule has 2 aliphatic rings. The molecule has 0 bridgehead atoms. The van der Waals surface area contributed by atoms with Crippen LogP contribution in [-0.4, -0.2) is 74.7 Å². The Labute approximate surface area is 170 Å². The van der Waals surface area contributed by atoms with Crippen molar-refractivity contribution in [3.8, 4) is 5.75 Å². The van der Waals surface area contributed by atoms with Crippen molar-refractivity contribution in [1.82, 2.24) is 15.1 Å². The van der Waals surface area contributed by atoms with Gasteiger partial charge in [-0.15, -0.1) is 0 Å². The van der Waals surface area contributed by atoms with Crippen LogP contribution in [0.3, 0.4) is 0 Å². The van der Waals surface area contributed by atoms with Gasteiger partial charge in [0.1, 0.15) is 5.75 Å². The highest BCUT2D eigenvalue weighted by Gasteiger charge is 2.39. The number of likely N-dealkylation sites (tertiary alicyclic amines) is 2. The molecule has 156 valence electrons. The molecule has 0 aromatic heterocycles. The Bertz CT molecular complexity index is 616. The summed E-state index contributed by atoms with van der Waals surface area (Å²) in [7, 11) is 3.91. The summed E-state index contributed by atoms with van der Waals surface area (Å²) in [5.41, 5.74) is 7.66. The fourth-order valence-corrected chi connectivity index (χ4v) is 4.39. The largest absolute Gasteiger partial charge is 0.497 e. The number of aliphatic imine (C=N–C) groups is 1. The maximum absolute atomic E-state index is 6.21. The Morgan fingerprint density at radius 3 is 2.43 bits per heavy atom. The van der Waals surface area contributed by atoms with Gasteiger partial charge >= 0.3 is 0 Å². The summed E-state index contributed by atoms with van der Waals surface area (Å²) in [6.45, 7) is 6.32. The van der Waals surface area contributed by atoms with Gasteiger partial charge in [0.2, 0.25) is 0 Å². The zero-order chi connectivity index (χ0) is 19.8. The van der Waals surface area contributed by atoms with Gasteiger partial charge in [0, 0.05) is 12.1 Å². The van der Waals surface area contributed by atoms with Gasteiger partial charge in [0.25, 0.3) is 0 Å². The number of guanidine groups is 1. The van der Waals surface area contributed by atoms with E-state index in [4.69, 9.17) is 15.5 Å². The maximum atomic E-state index is 6.21. The number of ether oxygens (including phenoxy) is 1. The standard InChI is InChI=1S/C22H37N5O/c1-26-16-11-22(12-17-26,27-14-4-3-5-15-27)18-25-21(23)24-13-10-19-6-8-20(28-2)9-7-19/h6-9H,3-5,10-18H2,1-2H3,(H3,23,24,25). The first-order valence-electron chi connectivity index (χ1n) is 10.7. The summed E-state index contributed by atoms with van der Waals surface area (Å²) >= 11 is 0. The van der Waals surface area contributed by atoms with Gasteiger partial charge in [-0.25, -0.2) is 0 Å². The minimum Gasteiger partial charge on any atom is -0.497 e. The van der Waals surface area contributed by atoms with E-state index in [9.17, 15) is 0 Å². The first-order valence-corrected chi connectivity index (χ1v) is 10.7. The van der Waals surface area contributed by atoms with E-state index in [1.54, 1.807) is 7.11 Å². The Morgan fingerprint density at radius 1 is 1.11 bits per heavy atom. The minimum absolute atomic E-state index is 0.190. The highest BCUT2D eigenvalue weighted by atomic mass is 16.5. The van der Waals surface area contributed by atoms with Crippen LogP contribution in [0.2, 0.25) is 0 Å². The number of nitrogens with two attached hydrogens (primary N) is 1. The molecule has 0 atom stereocenters. The third-order valence-corrected chi connectivity index (χ3v) is 6.37. The quantitative estimate of drug-likeness (QED) is 0.554. The number of benzene rings is 1. The molecule has 0 unspecified atom stereocenters. The van der Waals surface area contributed by atoms with Crippen molar-refractivity contribution < 1.29 is 4.74 Å². The van der Waals surface area contributed by atoms with Crippen LogP contribution >= 0.6 is 0 Å². The average Bonchev–Trinajstić information content (AvgIpc) is 2.75. The van der Waals surface area contributed by atoms with E-state index in [-0.39, 0.29) is 5.54 Å². The molecule has 0 amide bonds. The van der Waals surface area contributed by atoms with Gasteiger partial charge < -0.3 is 20.7 Å². The number of piperidine rings is 2. The van der Waals surface area contributed by atoms with Crippen LogP contribution in [-0.2, 0) is 6.42 Å². The van der Waals surface area contributed by atoms with Crippen molar-refractivity contribution in [1.29, 1.82) is 0 Å². The molecule has 28 heavy (non-hydrogen) atoms. The Morgan fingerprint density at radius 2 is 1.79 bits per heavy atom. The number of methoxy groups -OCH3 is 1. The van der Waals surface area contributed by atoms with Crippen molar-refractivity contribution in [2.45, 2.75) is 44.1 Å². The summed E-state index contributed by atoms with van der Waals surface area (Å²) in [5, 5.41) is 3.30. The van der Waals surface area contributed by atoms with Gasteiger partial charge in [-0.2, -0.15) is 0 Å². The molecule has 0 radical (unpaired) electrons. The monoisotopic (exact) mass is 387 g/mol. The molecule has 0 spiro atoms. The zero-order valence-electron chi connectivity index (χ0n) is 17.6. The van der Waals surface area contributed by atoms with Crippen LogP contribution < -0.4 is 15.8 Å². The highest BCUT2D eigenvalue weighted by Crippen LogP contribution is 2.31. The molecule has 3 N–H and O–H groups in total. The molecule has 2 saturated heterocycles. The predicted octanol–water partition coefficient (Wildman–Crippen LogP) is 2.09. The SMILES string of the molecule is COc1ccc(CCNC(N)=NCC2(N3CCCCC3)CCN(C)CC2)cc1. The second kappa shape index (κ2) is 10.1. The number of hydrogen-bond donors (Lipinski definition) is 2. The maximum Gasteiger partial charge on any atom is 0.188 e. The van der Waals surface area contributed by atoms with E-state index in [1.165, 1.54) is 50.8 Å². The van der Waals surface area contributed by atoms with Crippen LogP contribution in [0.25, 0.3) is 0 Å². The molecule has 3 rings (SSSR count). The Balaban J connectivity index is 1.52. The summed E-state index contributed by atoms with van der Waals surface area (Å²) in [6.07, 6.45) is 7.29. The van der Waals surface area contributed by atoms with E-state index < -0.39 is 0 Å². The zero-order valence-corrected chi connectivity index (χ0v) is 17.6. The summed E-state index contributed by atoms with van der Waals surface area (Å²) in [4.78, 5) is 9.92. The second-order valence-corrected chi connectivity index (χ2v) is 8.30. The molecular weight excluding hydrogens is 350 g/mol. The minimum atomic E-state index is 0.190. The molecule has 2 aliphatic heterocycles.